The van der Waals surface area contributed by atoms with Gasteiger partial charge in [0.05, 0.1) is 10.0 Å². The van der Waals surface area contributed by atoms with E-state index >= 15 is 0 Å². The maximum atomic E-state index is 12.4. The number of anilines is 1. The number of carbonyl (C=O) groups is 2. The standard InChI is InChI=1S/C24H17BrN2O5/c25-21-12-15(10-18(13-26)23(29)27-19-5-7-20(28)8-6-19)4-9-22(21)32-14-16-2-1-3-17(11-16)24(30)31/h1-12,28H,14H2,(H,27,29)(H,30,31)/b18-10-. The van der Waals surface area contributed by atoms with Crippen LogP contribution in [0.3, 0.4) is 0 Å². The molecule has 7 nitrogen and oxygen atoms in total. The van der Waals surface area contributed by atoms with E-state index in [9.17, 15) is 20.0 Å². The van der Waals surface area contributed by atoms with Gasteiger partial charge in [-0.3, -0.25) is 4.79 Å². The number of halogens is 1. The van der Waals surface area contributed by atoms with Gasteiger partial charge in [-0.15, -0.1) is 0 Å². The number of ether oxygens (including phenoxy) is 1. The summed E-state index contributed by atoms with van der Waals surface area (Å²) in [6.45, 7) is 0.174. The molecule has 0 atom stereocenters. The molecule has 0 radical (unpaired) electrons. The van der Waals surface area contributed by atoms with E-state index in [1.165, 1.54) is 36.4 Å². The third-order valence-corrected chi connectivity index (χ3v) is 4.95. The van der Waals surface area contributed by atoms with E-state index in [0.29, 0.717) is 27.0 Å². The molecule has 0 spiro atoms. The lowest BCUT2D eigenvalue weighted by atomic mass is 10.1. The maximum Gasteiger partial charge on any atom is 0.335 e. The average Bonchev–Trinajstić information content (AvgIpc) is 2.78. The number of amides is 1. The molecule has 0 aromatic heterocycles. The molecule has 0 saturated heterocycles. The molecule has 0 heterocycles. The lowest BCUT2D eigenvalue weighted by Crippen LogP contribution is -2.13. The topological polar surface area (TPSA) is 120 Å². The van der Waals surface area contributed by atoms with Crippen molar-refractivity contribution in [2.45, 2.75) is 6.61 Å². The van der Waals surface area contributed by atoms with Crippen LogP contribution in [0.25, 0.3) is 6.08 Å². The molecule has 8 heteroatoms. The fourth-order valence-corrected chi connectivity index (χ4v) is 3.25. The van der Waals surface area contributed by atoms with Gasteiger partial charge in [0.2, 0.25) is 0 Å². The van der Waals surface area contributed by atoms with Gasteiger partial charge in [-0.05, 0) is 81.7 Å². The zero-order valence-corrected chi connectivity index (χ0v) is 18.2. The monoisotopic (exact) mass is 492 g/mol. The first kappa shape index (κ1) is 22.6. The molecule has 0 aliphatic carbocycles. The Balaban J connectivity index is 1.70. The van der Waals surface area contributed by atoms with Crippen molar-refractivity contribution in [2.24, 2.45) is 0 Å². The van der Waals surface area contributed by atoms with Crippen molar-refractivity contribution in [1.29, 1.82) is 5.26 Å². The van der Waals surface area contributed by atoms with Gasteiger partial charge in [0, 0.05) is 5.69 Å². The molecule has 0 bridgehead atoms. The number of phenolic OH excluding ortho intramolecular Hbond substituents is 1. The van der Waals surface area contributed by atoms with Crippen LogP contribution in [0.4, 0.5) is 5.69 Å². The Labute approximate surface area is 192 Å². The van der Waals surface area contributed by atoms with Gasteiger partial charge in [-0.1, -0.05) is 18.2 Å². The average molecular weight is 493 g/mol. The summed E-state index contributed by atoms with van der Waals surface area (Å²) in [6.07, 6.45) is 1.45. The number of nitrogens with one attached hydrogen (secondary N) is 1. The minimum atomic E-state index is -1.01. The van der Waals surface area contributed by atoms with Crippen LogP contribution < -0.4 is 10.1 Å². The summed E-state index contributed by atoms with van der Waals surface area (Å²) in [7, 11) is 0. The first-order valence-electron chi connectivity index (χ1n) is 9.32. The van der Waals surface area contributed by atoms with Crippen molar-refractivity contribution in [1.82, 2.24) is 0 Å². The highest BCUT2D eigenvalue weighted by Crippen LogP contribution is 2.28. The molecule has 0 fully saturated rings. The highest BCUT2D eigenvalue weighted by molar-refractivity contribution is 9.10. The number of carboxylic acid groups (broad SMARTS) is 1. The smallest absolute Gasteiger partial charge is 0.335 e. The van der Waals surface area contributed by atoms with Crippen molar-refractivity contribution in [3.05, 3.63) is 93.5 Å². The fraction of sp³-hybridized carbons (Fsp3) is 0.0417. The second-order valence-electron chi connectivity index (χ2n) is 6.65. The number of nitrogens with zero attached hydrogens (tertiary/aromatic N) is 1. The van der Waals surface area contributed by atoms with Gasteiger partial charge < -0.3 is 20.3 Å². The third-order valence-electron chi connectivity index (χ3n) is 4.33. The van der Waals surface area contributed by atoms with E-state index in [4.69, 9.17) is 9.84 Å². The molecule has 3 rings (SSSR count). The predicted octanol–water partition coefficient (Wildman–Crippen LogP) is 4.98. The zero-order chi connectivity index (χ0) is 23.1. The van der Waals surface area contributed by atoms with E-state index in [-0.39, 0.29) is 23.5 Å². The van der Waals surface area contributed by atoms with E-state index < -0.39 is 11.9 Å². The number of carbonyl (C=O) groups excluding carboxylic acids is 1. The number of aromatic hydroxyl groups is 1. The normalized spacial score (nSPS) is 10.8. The van der Waals surface area contributed by atoms with Gasteiger partial charge in [0.1, 0.15) is 29.7 Å². The summed E-state index contributed by atoms with van der Waals surface area (Å²) in [4.78, 5) is 23.5. The highest BCUT2D eigenvalue weighted by Gasteiger charge is 2.11. The summed E-state index contributed by atoms with van der Waals surface area (Å²) in [5.41, 5.74) is 1.85. The number of benzene rings is 3. The molecule has 160 valence electrons. The van der Waals surface area contributed by atoms with Crippen molar-refractivity contribution >= 4 is 39.6 Å². The number of aromatic carboxylic acids is 1. The van der Waals surface area contributed by atoms with Crippen LogP contribution in [0.1, 0.15) is 21.5 Å². The van der Waals surface area contributed by atoms with Gasteiger partial charge >= 0.3 is 5.97 Å². The summed E-state index contributed by atoms with van der Waals surface area (Å²) in [6, 6.07) is 19.3. The number of hydrogen-bond acceptors (Lipinski definition) is 5. The van der Waals surface area contributed by atoms with Crippen LogP contribution in [0.5, 0.6) is 11.5 Å². The molecule has 0 aliphatic heterocycles. The Morgan fingerprint density at radius 1 is 1.09 bits per heavy atom. The summed E-state index contributed by atoms with van der Waals surface area (Å²) in [5.74, 6) is -0.990. The Bertz CT molecular complexity index is 1230. The quantitative estimate of drug-likeness (QED) is 0.243. The van der Waals surface area contributed by atoms with E-state index in [1.807, 2.05) is 6.07 Å². The van der Waals surface area contributed by atoms with Crippen molar-refractivity contribution < 1.29 is 24.5 Å². The van der Waals surface area contributed by atoms with Crippen molar-refractivity contribution in [3.8, 4) is 17.6 Å². The van der Waals surface area contributed by atoms with Crippen LogP contribution in [-0.2, 0) is 11.4 Å². The lowest BCUT2D eigenvalue weighted by molar-refractivity contribution is -0.112. The molecule has 32 heavy (non-hydrogen) atoms. The Hall–Kier alpha value is -4.09. The summed E-state index contributed by atoms with van der Waals surface area (Å²) in [5, 5.41) is 30.4. The zero-order valence-electron chi connectivity index (χ0n) is 16.6. The van der Waals surface area contributed by atoms with Crippen LogP contribution in [0.2, 0.25) is 0 Å². The first-order valence-corrected chi connectivity index (χ1v) is 10.1. The molecule has 3 N–H and O–H groups in total. The first-order chi connectivity index (χ1) is 15.4. The van der Waals surface area contributed by atoms with Crippen molar-refractivity contribution in [2.75, 3.05) is 5.32 Å². The number of phenols is 1. The molecule has 1 amide bonds. The Morgan fingerprint density at radius 2 is 1.84 bits per heavy atom. The molecule has 0 aliphatic rings. The molecule has 3 aromatic carbocycles. The number of carboxylic acids is 1. The second kappa shape index (κ2) is 10.3. The molecule has 0 unspecified atom stereocenters. The molecule has 3 aromatic rings. The van der Waals surface area contributed by atoms with Crippen molar-refractivity contribution in [3.63, 3.8) is 0 Å². The maximum absolute atomic E-state index is 12.4. The second-order valence-corrected chi connectivity index (χ2v) is 7.51. The summed E-state index contributed by atoms with van der Waals surface area (Å²) >= 11 is 3.41. The fourth-order valence-electron chi connectivity index (χ4n) is 2.74. The van der Waals surface area contributed by atoms with Gasteiger partial charge in [-0.2, -0.15) is 5.26 Å². The molecule has 0 saturated carbocycles. The third kappa shape index (κ3) is 5.97. The van der Waals surface area contributed by atoms with E-state index in [1.54, 1.807) is 36.4 Å². The van der Waals surface area contributed by atoms with Crippen LogP contribution in [0.15, 0.2) is 76.8 Å². The Morgan fingerprint density at radius 3 is 2.50 bits per heavy atom. The van der Waals surface area contributed by atoms with Crippen LogP contribution in [-0.4, -0.2) is 22.1 Å². The molecular formula is C24H17BrN2O5. The lowest BCUT2D eigenvalue weighted by Gasteiger charge is -2.10. The van der Waals surface area contributed by atoms with Crippen LogP contribution in [0, 0.1) is 11.3 Å². The minimum absolute atomic E-state index is 0.0702. The molecular weight excluding hydrogens is 476 g/mol. The number of hydrogen-bond donors (Lipinski definition) is 3. The number of rotatable bonds is 7. The van der Waals surface area contributed by atoms with Gasteiger partial charge in [0.15, 0.2) is 0 Å². The SMILES string of the molecule is N#C/C(=C/c1ccc(OCc2cccc(C(=O)O)c2)c(Br)c1)C(=O)Nc1ccc(O)cc1. The van der Waals surface area contributed by atoms with E-state index in [0.717, 1.165) is 0 Å². The van der Waals surface area contributed by atoms with Gasteiger partial charge in [-0.25, -0.2) is 4.79 Å². The Kier molecular flexibility index (Phi) is 7.26. The number of nitriles is 1. The van der Waals surface area contributed by atoms with E-state index in [2.05, 4.69) is 21.2 Å². The minimum Gasteiger partial charge on any atom is -0.508 e. The highest BCUT2D eigenvalue weighted by atomic mass is 79.9. The predicted molar refractivity (Wildman–Crippen MR) is 122 cm³/mol. The largest absolute Gasteiger partial charge is 0.508 e. The summed E-state index contributed by atoms with van der Waals surface area (Å²) < 4.78 is 6.36. The van der Waals surface area contributed by atoms with Gasteiger partial charge in [0.25, 0.3) is 5.91 Å². The van der Waals surface area contributed by atoms with Crippen LogP contribution >= 0.6 is 15.9 Å².